The van der Waals surface area contributed by atoms with E-state index in [-0.39, 0.29) is 17.1 Å². The summed E-state index contributed by atoms with van der Waals surface area (Å²) in [4.78, 5) is 31.8. The van der Waals surface area contributed by atoms with Crippen LogP contribution in [-0.4, -0.2) is 33.2 Å². The van der Waals surface area contributed by atoms with Crippen molar-refractivity contribution >= 4 is 17.5 Å². The predicted octanol–water partition coefficient (Wildman–Crippen LogP) is 4.11. The average molecular weight is 412 g/mol. The van der Waals surface area contributed by atoms with Gasteiger partial charge in [-0.05, 0) is 50.6 Å². The number of aromatic amines is 1. The standard InChI is InChI=1S/C22H25N3O3S/c1-5-6-16-12-21(27)24-22(23-16)29-13-20(26)19-11-14(2)25(15(19)3)17-7-9-18(28-4)10-8-17/h7-12H,5-6,13H2,1-4H3,(H,23,24,27). The molecule has 0 saturated heterocycles. The highest BCUT2D eigenvalue weighted by atomic mass is 32.2. The number of aromatic nitrogens is 3. The molecular formula is C22H25N3O3S. The van der Waals surface area contributed by atoms with Gasteiger partial charge in [-0.2, -0.15) is 0 Å². The van der Waals surface area contributed by atoms with Crippen LogP contribution in [0.2, 0.25) is 0 Å². The lowest BCUT2D eigenvalue weighted by Gasteiger charge is -2.10. The van der Waals surface area contributed by atoms with Crippen LogP contribution >= 0.6 is 11.8 Å². The Balaban J connectivity index is 1.79. The van der Waals surface area contributed by atoms with Crippen LogP contribution in [0.3, 0.4) is 0 Å². The van der Waals surface area contributed by atoms with Crippen molar-refractivity contribution in [1.29, 1.82) is 0 Å². The van der Waals surface area contributed by atoms with E-state index in [1.165, 1.54) is 17.8 Å². The lowest BCUT2D eigenvalue weighted by molar-refractivity contribution is 0.102. The van der Waals surface area contributed by atoms with Crippen molar-refractivity contribution in [1.82, 2.24) is 14.5 Å². The van der Waals surface area contributed by atoms with Gasteiger partial charge in [0.05, 0.1) is 12.9 Å². The Bertz CT molecular complexity index is 1070. The molecule has 1 N–H and O–H groups in total. The van der Waals surface area contributed by atoms with E-state index in [0.29, 0.717) is 10.7 Å². The smallest absolute Gasteiger partial charge is 0.251 e. The third-order valence-electron chi connectivity index (χ3n) is 4.68. The molecule has 2 heterocycles. The number of nitrogens with one attached hydrogen (secondary N) is 1. The number of aryl methyl sites for hydroxylation is 2. The lowest BCUT2D eigenvalue weighted by atomic mass is 10.2. The molecule has 2 aromatic heterocycles. The summed E-state index contributed by atoms with van der Waals surface area (Å²) >= 11 is 1.26. The average Bonchev–Trinajstić information content (AvgIpc) is 3.00. The maximum absolute atomic E-state index is 12.9. The first-order valence-corrected chi connectivity index (χ1v) is 10.5. The summed E-state index contributed by atoms with van der Waals surface area (Å²) in [5.41, 5.74) is 4.10. The number of Topliss-reactive ketones (excluding diaryl/α,β-unsaturated/α-hetero) is 1. The number of ether oxygens (including phenoxy) is 1. The molecular weight excluding hydrogens is 386 g/mol. The fourth-order valence-corrected chi connectivity index (χ4v) is 4.10. The monoisotopic (exact) mass is 411 g/mol. The van der Waals surface area contributed by atoms with Gasteiger partial charge in [0.1, 0.15) is 5.75 Å². The summed E-state index contributed by atoms with van der Waals surface area (Å²) in [5, 5.41) is 0.485. The maximum Gasteiger partial charge on any atom is 0.251 e. The second-order valence-corrected chi connectivity index (χ2v) is 7.79. The van der Waals surface area contributed by atoms with Gasteiger partial charge in [0.25, 0.3) is 5.56 Å². The van der Waals surface area contributed by atoms with Gasteiger partial charge >= 0.3 is 0 Å². The Labute approximate surface area is 174 Å². The van der Waals surface area contributed by atoms with Crippen LogP contribution in [0.15, 0.2) is 46.3 Å². The molecule has 152 valence electrons. The Morgan fingerprint density at radius 2 is 1.93 bits per heavy atom. The predicted molar refractivity (Wildman–Crippen MR) is 116 cm³/mol. The number of benzene rings is 1. The number of thioether (sulfide) groups is 1. The van der Waals surface area contributed by atoms with E-state index in [9.17, 15) is 9.59 Å². The first kappa shape index (κ1) is 20.9. The van der Waals surface area contributed by atoms with Crippen LogP contribution in [0.4, 0.5) is 0 Å². The minimum atomic E-state index is -0.184. The molecule has 0 fully saturated rings. The van der Waals surface area contributed by atoms with Gasteiger partial charge in [0.15, 0.2) is 10.9 Å². The summed E-state index contributed by atoms with van der Waals surface area (Å²) in [5.74, 6) is 1.01. The van der Waals surface area contributed by atoms with Crippen molar-refractivity contribution in [3.8, 4) is 11.4 Å². The van der Waals surface area contributed by atoms with Crippen LogP contribution in [0.1, 0.15) is 40.8 Å². The minimum absolute atomic E-state index is 0.00593. The number of hydrogen-bond donors (Lipinski definition) is 1. The van der Waals surface area contributed by atoms with Crippen molar-refractivity contribution in [2.45, 2.75) is 38.8 Å². The molecule has 0 aliphatic rings. The molecule has 1 aromatic carbocycles. The fourth-order valence-electron chi connectivity index (χ4n) is 3.32. The van der Waals surface area contributed by atoms with Crippen molar-refractivity contribution in [2.75, 3.05) is 12.9 Å². The Kier molecular flexibility index (Phi) is 6.59. The SMILES string of the molecule is CCCc1cc(=O)[nH]c(SCC(=O)c2cc(C)n(-c3ccc(OC)cc3)c2C)n1. The molecule has 29 heavy (non-hydrogen) atoms. The third-order valence-corrected chi connectivity index (χ3v) is 5.55. The first-order valence-electron chi connectivity index (χ1n) is 9.52. The number of rotatable bonds is 8. The molecule has 0 spiro atoms. The van der Waals surface area contributed by atoms with E-state index in [0.717, 1.165) is 41.4 Å². The topological polar surface area (TPSA) is 77.0 Å². The number of carbonyl (C=O) groups is 1. The molecule has 0 aliphatic heterocycles. The zero-order valence-electron chi connectivity index (χ0n) is 17.1. The molecule has 3 aromatic rings. The van der Waals surface area contributed by atoms with Gasteiger partial charge in [-0.25, -0.2) is 4.98 Å². The first-order chi connectivity index (χ1) is 13.9. The zero-order chi connectivity index (χ0) is 21.0. The lowest BCUT2D eigenvalue weighted by Crippen LogP contribution is -2.11. The van der Waals surface area contributed by atoms with E-state index < -0.39 is 0 Å². The Morgan fingerprint density at radius 1 is 1.21 bits per heavy atom. The van der Waals surface area contributed by atoms with E-state index in [4.69, 9.17) is 4.74 Å². The van der Waals surface area contributed by atoms with Gasteiger partial charge in [0, 0.05) is 34.4 Å². The Morgan fingerprint density at radius 3 is 2.59 bits per heavy atom. The fraction of sp³-hybridized carbons (Fsp3) is 0.318. The Hall–Kier alpha value is -2.80. The van der Waals surface area contributed by atoms with Crippen LogP contribution in [0, 0.1) is 13.8 Å². The van der Waals surface area contributed by atoms with Crippen LogP contribution in [-0.2, 0) is 6.42 Å². The van der Waals surface area contributed by atoms with Crippen LogP contribution < -0.4 is 10.3 Å². The maximum atomic E-state index is 12.9. The van der Waals surface area contributed by atoms with E-state index >= 15 is 0 Å². The molecule has 0 saturated carbocycles. The number of carbonyl (C=O) groups excluding carboxylic acids is 1. The zero-order valence-corrected chi connectivity index (χ0v) is 17.9. The molecule has 7 heteroatoms. The quantitative estimate of drug-likeness (QED) is 0.343. The molecule has 3 rings (SSSR count). The van der Waals surface area contributed by atoms with Crippen LogP contribution in [0.25, 0.3) is 5.69 Å². The third kappa shape index (κ3) is 4.79. The number of methoxy groups -OCH3 is 1. The van der Waals surface area contributed by atoms with Gasteiger partial charge in [-0.3, -0.25) is 9.59 Å². The van der Waals surface area contributed by atoms with Crippen molar-refractivity contribution in [3.05, 3.63) is 69.4 Å². The molecule has 0 bridgehead atoms. The summed E-state index contributed by atoms with van der Waals surface area (Å²) < 4.78 is 7.27. The molecule has 0 radical (unpaired) electrons. The van der Waals surface area contributed by atoms with Gasteiger partial charge < -0.3 is 14.3 Å². The molecule has 0 atom stereocenters. The summed E-state index contributed by atoms with van der Waals surface area (Å²) in [6.45, 7) is 5.96. The molecule has 0 unspecified atom stereocenters. The van der Waals surface area contributed by atoms with Crippen molar-refractivity contribution in [2.24, 2.45) is 0 Å². The summed E-state index contributed by atoms with van der Waals surface area (Å²) in [6, 6.07) is 11.2. The number of ketones is 1. The largest absolute Gasteiger partial charge is 0.497 e. The highest BCUT2D eigenvalue weighted by Gasteiger charge is 2.17. The number of nitrogens with zero attached hydrogens (tertiary/aromatic N) is 2. The summed E-state index contributed by atoms with van der Waals surface area (Å²) in [6.07, 6.45) is 1.66. The molecule has 0 amide bonds. The molecule has 6 nitrogen and oxygen atoms in total. The summed E-state index contributed by atoms with van der Waals surface area (Å²) in [7, 11) is 1.63. The van der Waals surface area contributed by atoms with Gasteiger partial charge in [-0.15, -0.1) is 0 Å². The number of H-pyrrole nitrogens is 1. The van der Waals surface area contributed by atoms with E-state index in [1.807, 2.05) is 51.1 Å². The normalized spacial score (nSPS) is 10.9. The second kappa shape index (κ2) is 9.13. The second-order valence-electron chi connectivity index (χ2n) is 6.82. The van der Waals surface area contributed by atoms with Crippen molar-refractivity contribution < 1.29 is 9.53 Å². The highest BCUT2D eigenvalue weighted by molar-refractivity contribution is 7.99. The highest BCUT2D eigenvalue weighted by Crippen LogP contribution is 2.24. The number of hydrogen-bond acceptors (Lipinski definition) is 5. The van der Waals surface area contributed by atoms with Crippen molar-refractivity contribution in [3.63, 3.8) is 0 Å². The van der Waals surface area contributed by atoms with E-state index in [2.05, 4.69) is 14.5 Å². The van der Waals surface area contributed by atoms with Gasteiger partial charge in [-0.1, -0.05) is 25.1 Å². The van der Waals surface area contributed by atoms with Gasteiger partial charge in [0.2, 0.25) is 0 Å². The minimum Gasteiger partial charge on any atom is -0.497 e. The van der Waals surface area contributed by atoms with Crippen LogP contribution in [0.5, 0.6) is 5.75 Å². The molecule has 0 aliphatic carbocycles. The van der Waals surface area contributed by atoms with E-state index in [1.54, 1.807) is 7.11 Å².